The highest BCUT2D eigenvalue weighted by Crippen LogP contribution is 2.26. The quantitative estimate of drug-likeness (QED) is 0.0228. The summed E-state index contributed by atoms with van der Waals surface area (Å²) in [6.07, 6.45) is 48.7. The van der Waals surface area contributed by atoms with E-state index in [9.17, 15) is 34.5 Å². The zero-order valence-electron chi connectivity index (χ0n) is 45.9. The van der Waals surface area contributed by atoms with Crippen LogP contribution in [0.2, 0.25) is 0 Å². The number of carbonyl (C=O) groups excluding carboxylic acids is 3. The summed E-state index contributed by atoms with van der Waals surface area (Å²) >= 11 is 0. The maximum atomic E-state index is 13.1. The lowest BCUT2D eigenvalue weighted by Crippen LogP contribution is -2.61. The zero-order chi connectivity index (χ0) is 53.3. The van der Waals surface area contributed by atoms with Crippen molar-refractivity contribution in [2.45, 2.75) is 276 Å². The molecule has 0 bridgehead atoms. The number of ether oxygens (including phenoxy) is 5. The fraction of sp³-hybridized carbons (Fsp3) is 0.738. The third-order valence-electron chi connectivity index (χ3n) is 12.8. The van der Waals surface area contributed by atoms with E-state index in [1.807, 2.05) is 0 Å². The summed E-state index contributed by atoms with van der Waals surface area (Å²) in [5.74, 6) is -3.15. The Morgan fingerprint density at radius 2 is 0.863 bits per heavy atom. The van der Waals surface area contributed by atoms with Crippen LogP contribution in [0, 0.1) is 0 Å². The molecule has 12 nitrogen and oxygen atoms in total. The molecular formula is C61H102O12. The van der Waals surface area contributed by atoms with Gasteiger partial charge in [0.05, 0.1) is 6.61 Å². The van der Waals surface area contributed by atoms with Gasteiger partial charge in [-0.1, -0.05) is 209 Å². The van der Waals surface area contributed by atoms with Crippen LogP contribution in [0.4, 0.5) is 0 Å². The van der Waals surface area contributed by atoms with E-state index in [0.717, 1.165) is 128 Å². The number of carbonyl (C=O) groups is 4. The fourth-order valence-corrected chi connectivity index (χ4v) is 8.40. The number of aliphatic hydroxyl groups excluding tert-OH is 2. The first-order valence-corrected chi connectivity index (χ1v) is 28.9. The Labute approximate surface area is 442 Å². The number of aliphatic carboxylic acids is 1. The summed E-state index contributed by atoms with van der Waals surface area (Å²) in [6, 6.07) is 0. The van der Waals surface area contributed by atoms with E-state index in [-0.39, 0.29) is 25.9 Å². The molecule has 1 aliphatic rings. The van der Waals surface area contributed by atoms with Gasteiger partial charge < -0.3 is 39.0 Å². The summed E-state index contributed by atoms with van der Waals surface area (Å²) < 4.78 is 28.4. The van der Waals surface area contributed by atoms with Gasteiger partial charge in [0.2, 0.25) is 0 Å². The average Bonchev–Trinajstić information content (AvgIpc) is 3.37. The largest absolute Gasteiger partial charge is 0.479 e. The van der Waals surface area contributed by atoms with Crippen LogP contribution in [0.5, 0.6) is 0 Å². The summed E-state index contributed by atoms with van der Waals surface area (Å²) in [5.41, 5.74) is 0. The highest BCUT2D eigenvalue weighted by atomic mass is 16.7. The molecule has 418 valence electrons. The molecule has 0 spiro atoms. The molecule has 1 aliphatic heterocycles. The lowest BCUT2D eigenvalue weighted by molar-refractivity contribution is -0.301. The first-order chi connectivity index (χ1) is 35.6. The Hall–Kier alpha value is -3.84. The minimum absolute atomic E-state index is 0.0392. The molecule has 1 rings (SSSR count). The van der Waals surface area contributed by atoms with Gasteiger partial charge in [0.25, 0.3) is 0 Å². The Morgan fingerprint density at radius 3 is 1.32 bits per heavy atom. The van der Waals surface area contributed by atoms with E-state index in [2.05, 4.69) is 93.7 Å². The number of esters is 3. The third kappa shape index (κ3) is 39.3. The summed E-state index contributed by atoms with van der Waals surface area (Å²) in [5, 5.41) is 31.4. The van der Waals surface area contributed by atoms with Crippen molar-refractivity contribution in [2.75, 3.05) is 13.2 Å². The predicted molar refractivity (Wildman–Crippen MR) is 294 cm³/mol. The first kappa shape index (κ1) is 67.2. The molecular weight excluding hydrogens is 925 g/mol. The van der Waals surface area contributed by atoms with Gasteiger partial charge in [-0.2, -0.15) is 0 Å². The maximum absolute atomic E-state index is 13.1. The monoisotopic (exact) mass is 1030 g/mol. The number of hydrogen-bond donors (Lipinski definition) is 3. The van der Waals surface area contributed by atoms with Crippen molar-refractivity contribution < 1.29 is 58.2 Å². The number of rotatable bonds is 48. The minimum Gasteiger partial charge on any atom is -0.479 e. The Morgan fingerprint density at radius 1 is 0.466 bits per heavy atom. The average molecular weight is 1030 g/mol. The fourth-order valence-electron chi connectivity index (χ4n) is 8.40. The van der Waals surface area contributed by atoms with Crippen molar-refractivity contribution in [3.8, 4) is 0 Å². The smallest absolute Gasteiger partial charge is 0.335 e. The summed E-state index contributed by atoms with van der Waals surface area (Å²) in [6.45, 7) is 5.74. The molecule has 0 aromatic heterocycles. The highest BCUT2D eigenvalue weighted by molar-refractivity contribution is 5.74. The van der Waals surface area contributed by atoms with E-state index in [1.54, 1.807) is 0 Å². The van der Waals surface area contributed by atoms with Crippen molar-refractivity contribution in [1.29, 1.82) is 0 Å². The van der Waals surface area contributed by atoms with Crippen LogP contribution in [0.25, 0.3) is 0 Å². The molecule has 0 radical (unpaired) electrons. The van der Waals surface area contributed by atoms with Gasteiger partial charge in [-0.25, -0.2) is 4.79 Å². The van der Waals surface area contributed by atoms with Crippen LogP contribution in [-0.2, 0) is 42.9 Å². The summed E-state index contributed by atoms with van der Waals surface area (Å²) in [4.78, 5) is 51.0. The number of aliphatic hydroxyl groups is 2. The molecule has 1 saturated heterocycles. The van der Waals surface area contributed by atoms with Crippen LogP contribution < -0.4 is 0 Å². The zero-order valence-corrected chi connectivity index (χ0v) is 45.9. The number of hydrogen-bond acceptors (Lipinski definition) is 11. The molecule has 0 aliphatic carbocycles. The molecule has 73 heavy (non-hydrogen) atoms. The molecule has 0 amide bonds. The van der Waals surface area contributed by atoms with Gasteiger partial charge in [0, 0.05) is 19.3 Å². The Kier molecular flexibility index (Phi) is 45.1. The van der Waals surface area contributed by atoms with Crippen LogP contribution in [0.1, 0.15) is 239 Å². The van der Waals surface area contributed by atoms with Crippen molar-refractivity contribution in [3.05, 3.63) is 72.9 Å². The van der Waals surface area contributed by atoms with Gasteiger partial charge in [-0.15, -0.1) is 0 Å². The first-order valence-electron chi connectivity index (χ1n) is 28.9. The number of allylic oxidation sites excluding steroid dienone is 12. The third-order valence-corrected chi connectivity index (χ3v) is 12.8. The van der Waals surface area contributed by atoms with E-state index in [1.165, 1.54) is 51.4 Å². The molecule has 1 fully saturated rings. The lowest BCUT2D eigenvalue weighted by atomic mass is 9.98. The molecule has 6 unspecified atom stereocenters. The molecule has 6 atom stereocenters. The second-order valence-corrected chi connectivity index (χ2v) is 19.5. The van der Waals surface area contributed by atoms with Crippen LogP contribution in [0.15, 0.2) is 72.9 Å². The van der Waals surface area contributed by atoms with Gasteiger partial charge in [-0.05, 0) is 83.5 Å². The lowest BCUT2D eigenvalue weighted by Gasteiger charge is -2.40. The van der Waals surface area contributed by atoms with E-state index in [4.69, 9.17) is 23.7 Å². The van der Waals surface area contributed by atoms with Gasteiger partial charge in [0.15, 0.2) is 24.6 Å². The van der Waals surface area contributed by atoms with E-state index in [0.29, 0.717) is 19.3 Å². The Balaban J connectivity index is 2.69. The standard InChI is InChI=1S/C61H102O12/c1-4-7-10-13-16-19-22-24-26-27-29-30-33-35-38-41-44-47-53(62)69-50-52(71-54(63)48-45-42-39-36-32-21-18-15-12-9-6-3)51-70-61-59(57(66)56(65)58(73-61)60(67)68)72-55(64)49-46-43-40-37-34-31-28-25-23-20-17-14-11-8-5-2/h7-8,10-11,16-17,19-20,24-26,28,52,56-59,61,65-66H,4-6,9,12-15,18,21-23,27,29-51H2,1-3H3,(H,67,68)/b10-7-,11-8-,19-16-,20-17-,26-24-,28-25-. The topological polar surface area (TPSA) is 175 Å². The molecule has 0 aromatic carbocycles. The van der Waals surface area contributed by atoms with Crippen LogP contribution in [-0.4, -0.2) is 89.2 Å². The van der Waals surface area contributed by atoms with Crippen molar-refractivity contribution in [3.63, 3.8) is 0 Å². The second-order valence-electron chi connectivity index (χ2n) is 19.5. The molecule has 12 heteroatoms. The minimum atomic E-state index is -1.91. The predicted octanol–water partition coefficient (Wildman–Crippen LogP) is 14.6. The van der Waals surface area contributed by atoms with E-state index >= 15 is 0 Å². The number of unbranched alkanes of at least 4 members (excludes halogenated alkanes) is 22. The molecule has 3 N–H and O–H groups in total. The van der Waals surface area contributed by atoms with Crippen molar-refractivity contribution in [1.82, 2.24) is 0 Å². The highest BCUT2D eigenvalue weighted by Gasteiger charge is 2.50. The summed E-state index contributed by atoms with van der Waals surface area (Å²) in [7, 11) is 0. The van der Waals surface area contributed by atoms with Crippen molar-refractivity contribution in [2.24, 2.45) is 0 Å². The Bertz CT molecular complexity index is 1550. The molecule has 1 heterocycles. The normalized spacial score (nSPS) is 18.8. The van der Waals surface area contributed by atoms with Crippen LogP contribution in [0.3, 0.4) is 0 Å². The maximum Gasteiger partial charge on any atom is 0.335 e. The molecule has 0 saturated carbocycles. The van der Waals surface area contributed by atoms with Gasteiger partial charge >= 0.3 is 23.9 Å². The SMILES string of the molecule is CC/C=C\C/C=C\C/C=C\CCCCCCCCCC(=O)OCC(COC1OC(C(=O)O)C(O)C(O)C1OC(=O)CCCCCCC/C=C\C/C=C\C/C=C\CC)OC(=O)CCCCCCCCCCCCC. The van der Waals surface area contributed by atoms with Crippen LogP contribution >= 0.6 is 0 Å². The molecule has 0 aromatic rings. The number of carboxylic acid groups (broad SMARTS) is 1. The van der Waals surface area contributed by atoms with Crippen molar-refractivity contribution >= 4 is 23.9 Å². The van der Waals surface area contributed by atoms with Gasteiger partial charge in [0.1, 0.15) is 18.8 Å². The number of carboxylic acids is 1. The van der Waals surface area contributed by atoms with Gasteiger partial charge in [-0.3, -0.25) is 14.4 Å². The second kappa shape index (κ2) is 49.1. The van der Waals surface area contributed by atoms with E-state index < -0.39 is 67.3 Å².